The molecule has 0 spiro atoms. The second-order valence-corrected chi connectivity index (χ2v) is 7.34. The van der Waals surface area contributed by atoms with E-state index in [9.17, 15) is 19.6 Å². The molecule has 2 N–H and O–H groups in total. The van der Waals surface area contributed by atoms with Crippen molar-refractivity contribution in [3.8, 4) is 11.5 Å². The maximum absolute atomic E-state index is 13.1. The lowest BCUT2D eigenvalue weighted by Gasteiger charge is -2.22. The van der Waals surface area contributed by atoms with Gasteiger partial charge in [0.25, 0.3) is 17.7 Å². The van der Waals surface area contributed by atoms with Gasteiger partial charge in [0.15, 0.2) is 11.5 Å². The van der Waals surface area contributed by atoms with Crippen LogP contribution in [0.1, 0.15) is 39.1 Å². The number of fused-ring (bicyclic) bond motifs is 2. The number of ether oxygens (including phenoxy) is 2. The lowest BCUT2D eigenvalue weighted by atomic mass is 9.97. The van der Waals surface area contributed by atoms with Gasteiger partial charge in [0.05, 0.1) is 30.8 Å². The first-order valence-corrected chi connectivity index (χ1v) is 10.1. The molecule has 1 heterocycles. The van der Waals surface area contributed by atoms with Crippen molar-refractivity contribution in [3.05, 3.63) is 71.3 Å². The summed E-state index contributed by atoms with van der Waals surface area (Å²) in [6, 6.07) is 15.7. The standard InChI is InChI=1S/C24H22N2O6/c1-3-32-21-12-16(8-9-20(21)31-2)19(22(27)25-30)13-26-23(28)17-10-14-6-4-5-7-15(14)11-18(17)24(26)29/h4-12,19,30H,3,13H2,1-2H3,(H,25,27). The SMILES string of the molecule is CCOc1cc(C(CN2C(=O)c3cc4ccccc4cc3C2=O)C(=O)NO)ccc1OC. The molecule has 8 nitrogen and oxygen atoms in total. The molecule has 32 heavy (non-hydrogen) atoms. The number of rotatable bonds is 7. The van der Waals surface area contributed by atoms with E-state index in [1.807, 2.05) is 31.2 Å². The van der Waals surface area contributed by atoms with Crippen LogP contribution in [0.2, 0.25) is 0 Å². The van der Waals surface area contributed by atoms with Crippen LogP contribution < -0.4 is 15.0 Å². The summed E-state index contributed by atoms with van der Waals surface area (Å²) in [5.41, 5.74) is 2.68. The van der Waals surface area contributed by atoms with Crippen molar-refractivity contribution >= 4 is 28.5 Å². The van der Waals surface area contributed by atoms with Gasteiger partial charge in [0.2, 0.25) is 0 Å². The van der Waals surface area contributed by atoms with Crippen molar-refractivity contribution < 1.29 is 29.1 Å². The maximum atomic E-state index is 13.1. The Kier molecular flexibility index (Phi) is 5.79. The van der Waals surface area contributed by atoms with Gasteiger partial charge < -0.3 is 9.47 Å². The average molecular weight is 434 g/mol. The van der Waals surface area contributed by atoms with Crippen LogP contribution in [0.15, 0.2) is 54.6 Å². The van der Waals surface area contributed by atoms with E-state index in [1.54, 1.807) is 35.8 Å². The highest BCUT2D eigenvalue weighted by molar-refractivity contribution is 6.23. The summed E-state index contributed by atoms with van der Waals surface area (Å²) in [5.74, 6) is -1.83. The number of imide groups is 1. The number of nitrogens with zero attached hydrogens (tertiary/aromatic N) is 1. The van der Waals surface area contributed by atoms with E-state index in [0.29, 0.717) is 34.8 Å². The molecular formula is C24H22N2O6. The molecule has 1 atom stereocenters. The zero-order valence-electron chi connectivity index (χ0n) is 17.6. The van der Waals surface area contributed by atoms with Crippen molar-refractivity contribution in [2.75, 3.05) is 20.3 Å². The minimum Gasteiger partial charge on any atom is -0.493 e. The normalized spacial score (nSPS) is 13.8. The van der Waals surface area contributed by atoms with Gasteiger partial charge >= 0.3 is 0 Å². The van der Waals surface area contributed by atoms with E-state index < -0.39 is 23.6 Å². The molecule has 1 aliphatic rings. The molecule has 0 radical (unpaired) electrons. The first-order chi connectivity index (χ1) is 15.5. The molecule has 0 saturated carbocycles. The van der Waals surface area contributed by atoms with Gasteiger partial charge in [-0.1, -0.05) is 30.3 Å². The van der Waals surface area contributed by atoms with Gasteiger partial charge in [-0.05, 0) is 47.5 Å². The first-order valence-electron chi connectivity index (χ1n) is 10.1. The number of carbonyl (C=O) groups is 3. The largest absolute Gasteiger partial charge is 0.493 e. The Balaban J connectivity index is 1.70. The predicted octanol–water partition coefficient (Wildman–Crippen LogP) is 3.13. The molecule has 3 aromatic rings. The summed E-state index contributed by atoms with van der Waals surface area (Å²) >= 11 is 0. The lowest BCUT2D eigenvalue weighted by molar-refractivity contribution is -0.130. The summed E-state index contributed by atoms with van der Waals surface area (Å²) in [4.78, 5) is 39.7. The van der Waals surface area contributed by atoms with Crippen LogP contribution in [0, 0.1) is 0 Å². The molecule has 8 heteroatoms. The summed E-state index contributed by atoms with van der Waals surface area (Å²) in [7, 11) is 1.50. The Morgan fingerprint density at radius 2 is 1.62 bits per heavy atom. The molecular weight excluding hydrogens is 412 g/mol. The number of benzene rings is 3. The third-order valence-electron chi connectivity index (χ3n) is 5.52. The summed E-state index contributed by atoms with van der Waals surface area (Å²) in [5, 5.41) is 11.0. The molecule has 3 aromatic carbocycles. The Hall–Kier alpha value is -3.91. The quantitative estimate of drug-likeness (QED) is 0.336. The third-order valence-corrected chi connectivity index (χ3v) is 5.52. The number of hydrogen-bond donors (Lipinski definition) is 2. The molecule has 1 unspecified atom stereocenters. The zero-order valence-corrected chi connectivity index (χ0v) is 17.6. The molecule has 0 bridgehead atoms. The van der Waals surface area contributed by atoms with Crippen LogP contribution in [0.3, 0.4) is 0 Å². The Morgan fingerprint density at radius 3 is 2.16 bits per heavy atom. The van der Waals surface area contributed by atoms with Gasteiger partial charge in [-0.25, -0.2) is 5.48 Å². The van der Waals surface area contributed by atoms with E-state index in [2.05, 4.69) is 0 Å². The molecule has 4 rings (SSSR count). The summed E-state index contributed by atoms with van der Waals surface area (Å²) < 4.78 is 10.8. The van der Waals surface area contributed by atoms with Crippen LogP contribution >= 0.6 is 0 Å². The van der Waals surface area contributed by atoms with Crippen LogP contribution in [0.25, 0.3) is 10.8 Å². The molecule has 0 fully saturated rings. The first kappa shape index (κ1) is 21.3. The Bertz CT molecular complexity index is 1170. The van der Waals surface area contributed by atoms with Crippen LogP contribution in [0.4, 0.5) is 0 Å². The lowest BCUT2D eigenvalue weighted by Crippen LogP contribution is -2.39. The second kappa shape index (κ2) is 8.68. The van der Waals surface area contributed by atoms with Gasteiger partial charge in [-0.3, -0.25) is 24.5 Å². The number of amides is 3. The monoisotopic (exact) mass is 434 g/mol. The fourth-order valence-electron chi connectivity index (χ4n) is 3.92. The Labute approximate surface area is 184 Å². The molecule has 3 amide bonds. The highest BCUT2D eigenvalue weighted by Gasteiger charge is 2.39. The number of hydrogen-bond acceptors (Lipinski definition) is 6. The van der Waals surface area contributed by atoms with Gasteiger partial charge in [-0.15, -0.1) is 0 Å². The van der Waals surface area contributed by atoms with Crippen molar-refractivity contribution in [2.24, 2.45) is 0 Å². The van der Waals surface area contributed by atoms with Gasteiger partial charge in [0.1, 0.15) is 0 Å². The van der Waals surface area contributed by atoms with Gasteiger partial charge in [0, 0.05) is 6.54 Å². The fraction of sp³-hybridized carbons (Fsp3) is 0.208. The molecule has 164 valence electrons. The highest BCUT2D eigenvalue weighted by atomic mass is 16.5. The van der Waals surface area contributed by atoms with Crippen LogP contribution in [-0.4, -0.2) is 48.1 Å². The number of methoxy groups -OCH3 is 1. The highest BCUT2D eigenvalue weighted by Crippen LogP contribution is 2.34. The van der Waals surface area contributed by atoms with E-state index in [4.69, 9.17) is 9.47 Å². The molecule has 0 aromatic heterocycles. The number of carbonyl (C=O) groups excluding carboxylic acids is 3. The molecule has 0 saturated heterocycles. The van der Waals surface area contributed by atoms with Crippen LogP contribution in [-0.2, 0) is 4.79 Å². The smallest absolute Gasteiger partial charge is 0.261 e. The van der Waals surface area contributed by atoms with Crippen molar-refractivity contribution in [3.63, 3.8) is 0 Å². The number of hydroxylamine groups is 1. The third kappa shape index (κ3) is 3.65. The summed E-state index contributed by atoms with van der Waals surface area (Å²) in [6.45, 7) is 1.95. The van der Waals surface area contributed by atoms with Crippen molar-refractivity contribution in [2.45, 2.75) is 12.8 Å². The topological polar surface area (TPSA) is 105 Å². The molecule has 0 aliphatic carbocycles. The predicted molar refractivity (Wildman–Crippen MR) is 116 cm³/mol. The van der Waals surface area contributed by atoms with E-state index >= 15 is 0 Å². The van der Waals surface area contributed by atoms with E-state index in [-0.39, 0.29) is 6.54 Å². The zero-order chi connectivity index (χ0) is 22.8. The minimum atomic E-state index is -1.01. The van der Waals surface area contributed by atoms with Gasteiger partial charge in [-0.2, -0.15) is 0 Å². The second-order valence-electron chi connectivity index (χ2n) is 7.34. The minimum absolute atomic E-state index is 0.243. The number of nitrogens with one attached hydrogen (secondary N) is 1. The Morgan fingerprint density at radius 1 is 1.00 bits per heavy atom. The van der Waals surface area contributed by atoms with Crippen molar-refractivity contribution in [1.29, 1.82) is 0 Å². The van der Waals surface area contributed by atoms with E-state index in [0.717, 1.165) is 15.7 Å². The fourth-order valence-corrected chi connectivity index (χ4v) is 3.92. The van der Waals surface area contributed by atoms with E-state index in [1.165, 1.54) is 7.11 Å². The van der Waals surface area contributed by atoms with Crippen molar-refractivity contribution in [1.82, 2.24) is 10.4 Å². The molecule has 1 aliphatic heterocycles. The average Bonchev–Trinajstić information content (AvgIpc) is 3.04. The summed E-state index contributed by atoms with van der Waals surface area (Å²) in [6.07, 6.45) is 0. The maximum Gasteiger partial charge on any atom is 0.261 e. The van der Waals surface area contributed by atoms with Crippen LogP contribution in [0.5, 0.6) is 11.5 Å².